The maximum absolute atomic E-state index is 12.0. The molecule has 0 unspecified atom stereocenters. The Morgan fingerprint density at radius 3 is 2.42 bits per heavy atom. The van der Waals surface area contributed by atoms with Gasteiger partial charge in [-0.3, -0.25) is 14.9 Å². The lowest BCUT2D eigenvalue weighted by atomic mass is 10.1. The molecule has 0 bridgehead atoms. The molecule has 0 aromatic heterocycles. The molecule has 7 heteroatoms. The molecule has 1 N–H and O–H groups in total. The van der Waals surface area contributed by atoms with Gasteiger partial charge in [-0.25, -0.2) is 0 Å². The molecule has 2 aromatic rings. The first-order chi connectivity index (χ1) is 11.5. The fraction of sp³-hybridized carbons (Fsp3) is 0.235. The van der Waals surface area contributed by atoms with Crippen LogP contribution in [0.15, 0.2) is 42.5 Å². The summed E-state index contributed by atoms with van der Waals surface area (Å²) in [6.45, 7) is 2.23. The van der Waals surface area contributed by atoms with Gasteiger partial charge in [0.2, 0.25) is 0 Å². The molecule has 0 spiro atoms. The van der Waals surface area contributed by atoms with Crippen molar-refractivity contribution in [2.24, 2.45) is 0 Å². The minimum atomic E-state index is -0.473. The number of carbonyl (C=O) groups is 1. The third-order valence-corrected chi connectivity index (χ3v) is 3.37. The molecule has 0 atom stereocenters. The second-order valence-corrected chi connectivity index (χ2v) is 5.04. The first kappa shape index (κ1) is 17.3. The molecule has 2 rings (SSSR count). The molecule has 1 amide bonds. The van der Waals surface area contributed by atoms with Crippen LogP contribution in [0.3, 0.4) is 0 Å². The zero-order chi connectivity index (χ0) is 17.5. The quantitative estimate of drug-likeness (QED) is 0.479. The van der Waals surface area contributed by atoms with Gasteiger partial charge >= 0.3 is 0 Å². The minimum absolute atomic E-state index is 0.00520. The van der Waals surface area contributed by atoms with E-state index >= 15 is 0 Å². The van der Waals surface area contributed by atoms with Crippen molar-refractivity contribution < 1.29 is 19.2 Å². The first-order valence-electron chi connectivity index (χ1n) is 7.31. The average molecular weight is 330 g/mol. The minimum Gasteiger partial charge on any atom is -0.497 e. The fourth-order valence-corrected chi connectivity index (χ4v) is 2.11. The zero-order valence-electron chi connectivity index (χ0n) is 13.4. The van der Waals surface area contributed by atoms with Gasteiger partial charge < -0.3 is 14.8 Å². The predicted molar refractivity (Wildman–Crippen MR) is 88.7 cm³/mol. The van der Waals surface area contributed by atoms with Crippen molar-refractivity contribution >= 4 is 11.6 Å². The maximum Gasteiger partial charge on any atom is 0.272 e. The standard InChI is InChI=1S/C17H18N2O5/c1-12-11-13(3-8-16(12)19(21)22)17(20)18-9-10-24-15-6-4-14(23-2)5-7-15/h3-8,11H,9-10H2,1-2H3,(H,18,20). The van der Waals surface area contributed by atoms with Crippen molar-refractivity contribution in [2.75, 3.05) is 20.3 Å². The molecule has 24 heavy (non-hydrogen) atoms. The lowest BCUT2D eigenvalue weighted by Gasteiger charge is -2.09. The number of benzene rings is 2. The van der Waals surface area contributed by atoms with Gasteiger partial charge in [0, 0.05) is 17.2 Å². The average Bonchev–Trinajstić information content (AvgIpc) is 2.58. The van der Waals surface area contributed by atoms with Crippen LogP contribution >= 0.6 is 0 Å². The summed E-state index contributed by atoms with van der Waals surface area (Å²) in [6.07, 6.45) is 0. The Morgan fingerprint density at radius 1 is 1.17 bits per heavy atom. The lowest BCUT2D eigenvalue weighted by Crippen LogP contribution is -2.28. The number of hydrogen-bond acceptors (Lipinski definition) is 5. The van der Waals surface area contributed by atoms with Gasteiger partial charge in [0.05, 0.1) is 18.6 Å². The van der Waals surface area contributed by atoms with Crippen LogP contribution in [0.2, 0.25) is 0 Å². The van der Waals surface area contributed by atoms with Crippen molar-refractivity contribution in [1.29, 1.82) is 0 Å². The van der Waals surface area contributed by atoms with Gasteiger partial charge in [-0.1, -0.05) is 0 Å². The van der Waals surface area contributed by atoms with Gasteiger partial charge in [-0.2, -0.15) is 0 Å². The number of amides is 1. The van der Waals surface area contributed by atoms with E-state index in [1.54, 1.807) is 38.3 Å². The van der Waals surface area contributed by atoms with Crippen LogP contribution in [0.5, 0.6) is 11.5 Å². The first-order valence-corrected chi connectivity index (χ1v) is 7.31. The highest BCUT2D eigenvalue weighted by Gasteiger charge is 2.13. The van der Waals surface area contributed by atoms with E-state index in [0.717, 1.165) is 5.75 Å². The Hall–Kier alpha value is -3.09. The molecule has 7 nitrogen and oxygen atoms in total. The number of ether oxygens (including phenoxy) is 2. The summed E-state index contributed by atoms with van der Waals surface area (Å²) in [6, 6.07) is 11.4. The second kappa shape index (κ2) is 7.96. The van der Waals surface area contributed by atoms with Crippen molar-refractivity contribution in [2.45, 2.75) is 6.92 Å². The number of methoxy groups -OCH3 is 1. The van der Waals surface area contributed by atoms with Crippen LogP contribution in [0.1, 0.15) is 15.9 Å². The Labute approximate surface area is 139 Å². The molecule has 0 aliphatic heterocycles. The Balaban J connectivity index is 1.82. The summed E-state index contributed by atoms with van der Waals surface area (Å²) in [5.74, 6) is 1.12. The van der Waals surface area contributed by atoms with Crippen molar-refractivity contribution in [3.63, 3.8) is 0 Å². The van der Waals surface area contributed by atoms with Crippen LogP contribution in [0, 0.1) is 17.0 Å². The smallest absolute Gasteiger partial charge is 0.272 e. The Bertz CT molecular complexity index is 728. The molecular weight excluding hydrogens is 312 g/mol. The summed E-state index contributed by atoms with van der Waals surface area (Å²) >= 11 is 0. The van der Waals surface area contributed by atoms with Crippen LogP contribution in [-0.4, -0.2) is 31.1 Å². The summed E-state index contributed by atoms with van der Waals surface area (Å²) in [4.78, 5) is 22.3. The number of aryl methyl sites for hydroxylation is 1. The highest BCUT2D eigenvalue weighted by Crippen LogP contribution is 2.19. The zero-order valence-corrected chi connectivity index (χ0v) is 13.4. The summed E-state index contributed by atoms with van der Waals surface area (Å²) < 4.78 is 10.6. The molecule has 0 fully saturated rings. The number of nitrogens with zero attached hydrogens (tertiary/aromatic N) is 1. The van der Waals surface area contributed by atoms with Crippen LogP contribution in [-0.2, 0) is 0 Å². The predicted octanol–water partition coefficient (Wildman–Crippen LogP) is 2.72. The number of carbonyl (C=O) groups excluding carboxylic acids is 1. The van der Waals surface area contributed by atoms with Crippen molar-refractivity contribution in [3.8, 4) is 11.5 Å². The van der Waals surface area contributed by atoms with Gasteiger partial charge in [0.15, 0.2) is 0 Å². The molecule has 0 saturated heterocycles. The molecule has 0 heterocycles. The van der Waals surface area contributed by atoms with Crippen LogP contribution in [0.25, 0.3) is 0 Å². The van der Waals surface area contributed by atoms with Crippen molar-refractivity contribution in [1.82, 2.24) is 5.32 Å². The summed E-state index contributed by atoms with van der Waals surface area (Å²) in [5.41, 5.74) is 0.819. The number of nitrogens with one attached hydrogen (secondary N) is 1. The van der Waals surface area contributed by atoms with E-state index in [1.807, 2.05) is 0 Å². The van der Waals surface area contributed by atoms with E-state index in [9.17, 15) is 14.9 Å². The fourth-order valence-electron chi connectivity index (χ4n) is 2.11. The topological polar surface area (TPSA) is 90.7 Å². The van der Waals surface area contributed by atoms with E-state index in [1.165, 1.54) is 18.2 Å². The number of nitro groups is 1. The SMILES string of the molecule is COc1ccc(OCCNC(=O)c2ccc([N+](=O)[O-])c(C)c2)cc1. The van der Waals surface area contributed by atoms with Gasteiger partial charge in [0.25, 0.3) is 11.6 Å². The third kappa shape index (κ3) is 4.45. The normalized spacial score (nSPS) is 10.1. The number of hydrogen-bond donors (Lipinski definition) is 1. The highest BCUT2D eigenvalue weighted by atomic mass is 16.6. The monoisotopic (exact) mass is 330 g/mol. The molecule has 0 radical (unpaired) electrons. The van der Waals surface area contributed by atoms with E-state index in [-0.39, 0.29) is 11.6 Å². The van der Waals surface area contributed by atoms with E-state index in [0.29, 0.717) is 30.0 Å². The largest absolute Gasteiger partial charge is 0.497 e. The highest BCUT2D eigenvalue weighted by molar-refractivity contribution is 5.94. The second-order valence-electron chi connectivity index (χ2n) is 5.04. The molecule has 126 valence electrons. The van der Waals surface area contributed by atoms with Crippen LogP contribution in [0.4, 0.5) is 5.69 Å². The van der Waals surface area contributed by atoms with Gasteiger partial charge in [0.1, 0.15) is 18.1 Å². The molecule has 2 aromatic carbocycles. The van der Waals surface area contributed by atoms with Crippen LogP contribution < -0.4 is 14.8 Å². The van der Waals surface area contributed by atoms with E-state index in [2.05, 4.69) is 5.32 Å². The van der Waals surface area contributed by atoms with Crippen molar-refractivity contribution in [3.05, 3.63) is 63.7 Å². The maximum atomic E-state index is 12.0. The summed E-state index contributed by atoms with van der Waals surface area (Å²) in [7, 11) is 1.59. The molecule has 0 aliphatic carbocycles. The third-order valence-electron chi connectivity index (χ3n) is 3.37. The molecule has 0 aliphatic rings. The summed E-state index contributed by atoms with van der Waals surface area (Å²) in [5, 5.41) is 13.5. The lowest BCUT2D eigenvalue weighted by molar-refractivity contribution is -0.385. The molecular formula is C17H18N2O5. The molecule has 0 saturated carbocycles. The Morgan fingerprint density at radius 2 is 1.83 bits per heavy atom. The number of rotatable bonds is 7. The van der Waals surface area contributed by atoms with Gasteiger partial charge in [-0.15, -0.1) is 0 Å². The van der Waals surface area contributed by atoms with Gasteiger partial charge in [-0.05, 0) is 43.3 Å². The number of nitro benzene ring substituents is 1. The van der Waals surface area contributed by atoms with E-state index < -0.39 is 4.92 Å². The Kier molecular flexibility index (Phi) is 5.73. The van der Waals surface area contributed by atoms with E-state index in [4.69, 9.17) is 9.47 Å².